The molecule has 3 N–H and O–H groups in total. The van der Waals surface area contributed by atoms with Crippen molar-refractivity contribution < 1.29 is 4.42 Å². The smallest absolute Gasteiger partial charge is 0.193 e. The Labute approximate surface area is 142 Å². The Morgan fingerprint density at radius 2 is 1.96 bits per heavy atom. The first-order valence-corrected chi connectivity index (χ1v) is 8.29. The molecule has 0 amide bonds. The molecule has 122 valence electrons. The van der Waals surface area contributed by atoms with E-state index in [1.807, 2.05) is 44.2 Å². The van der Waals surface area contributed by atoms with Gasteiger partial charge in [0.05, 0.1) is 5.22 Å². The molecule has 0 aliphatic rings. The highest BCUT2D eigenvalue weighted by atomic mass is 32.1. The summed E-state index contributed by atoms with van der Waals surface area (Å²) in [5, 5.41) is 4.39. The maximum atomic E-state index is 12.2. The molecule has 0 spiro atoms. The van der Waals surface area contributed by atoms with E-state index in [1.54, 1.807) is 12.2 Å². The largest absolute Gasteiger partial charge is 0.455 e. The number of rotatable bonds is 3. The highest BCUT2D eigenvalue weighted by Gasteiger charge is 2.14. The minimum Gasteiger partial charge on any atom is -0.455 e. The van der Waals surface area contributed by atoms with Crippen molar-refractivity contribution in [2.45, 2.75) is 13.8 Å². The fourth-order valence-corrected chi connectivity index (χ4v) is 3.20. The number of para-hydroxylation sites is 1. The summed E-state index contributed by atoms with van der Waals surface area (Å²) in [6.07, 6.45) is 3.50. The summed E-state index contributed by atoms with van der Waals surface area (Å²) in [7, 11) is 0. The van der Waals surface area contributed by atoms with Gasteiger partial charge in [0.25, 0.3) is 0 Å². The van der Waals surface area contributed by atoms with Crippen LogP contribution in [0.1, 0.15) is 13.8 Å². The monoisotopic (exact) mass is 339 g/mol. The minimum absolute atomic E-state index is 0.0998. The normalized spacial score (nSPS) is 12.6. The summed E-state index contributed by atoms with van der Waals surface area (Å²) < 4.78 is 5.84. The lowest BCUT2D eigenvalue weighted by Gasteiger charge is -2.00. The standard InChI is InChI=1S/C18H17N3O2S/c1-3-12-13(22)10-15(23-14(12)4-2)16-17(19)21-18(24-16)20-11-8-6-5-7-9-11/h3-10H,19H2,1-2H3,(H,20,21)/b12-3-,14-4+. The Morgan fingerprint density at radius 1 is 1.21 bits per heavy atom. The molecule has 0 atom stereocenters. The number of nitrogens with one attached hydrogen (secondary N) is 1. The van der Waals surface area contributed by atoms with E-state index >= 15 is 0 Å². The number of thiazole rings is 1. The van der Waals surface area contributed by atoms with Crippen molar-refractivity contribution >= 4 is 40.1 Å². The first-order valence-electron chi connectivity index (χ1n) is 7.48. The molecule has 0 radical (unpaired) electrons. The van der Waals surface area contributed by atoms with Crippen LogP contribution in [0.15, 0.2) is 45.6 Å². The third-order valence-electron chi connectivity index (χ3n) is 3.47. The van der Waals surface area contributed by atoms with Gasteiger partial charge in [-0.05, 0) is 32.1 Å². The first-order chi connectivity index (χ1) is 11.6. The third-order valence-corrected chi connectivity index (χ3v) is 4.47. The molecule has 0 bridgehead atoms. The summed E-state index contributed by atoms with van der Waals surface area (Å²) >= 11 is 1.34. The molecule has 2 heterocycles. The van der Waals surface area contributed by atoms with Gasteiger partial charge in [-0.15, -0.1) is 0 Å². The molecule has 0 fully saturated rings. The zero-order valence-corrected chi connectivity index (χ0v) is 14.2. The van der Waals surface area contributed by atoms with Gasteiger partial charge in [0.2, 0.25) is 0 Å². The molecular formula is C18H17N3O2S. The van der Waals surface area contributed by atoms with Gasteiger partial charge in [-0.25, -0.2) is 4.98 Å². The lowest BCUT2D eigenvalue weighted by atomic mass is 10.2. The number of nitrogen functional groups attached to an aromatic ring is 1. The van der Waals surface area contributed by atoms with Crippen molar-refractivity contribution in [1.82, 2.24) is 4.98 Å². The lowest BCUT2D eigenvalue weighted by molar-refractivity contribution is 0.524. The van der Waals surface area contributed by atoms with E-state index in [9.17, 15) is 4.79 Å². The van der Waals surface area contributed by atoms with Gasteiger partial charge in [0.1, 0.15) is 16.1 Å². The molecule has 24 heavy (non-hydrogen) atoms. The topological polar surface area (TPSA) is 81.2 Å². The average molecular weight is 339 g/mol. The average Bonchev–Trinajstić information content (AvgIpc) is 2.95. The molecule has 0 unspecified atom stereocenters. The Bertz CT molecular complexity index is 1040. The van der Waals surface area contributed by atoms with Gasteiger partial charge in [-0.2, -0.15) is 0 Å². The molecule has 0 saturated carbocycles. The van der Waals surface area contributed by atoms with Crippen molar-refractivity contribution in [3.63, 3.8) is 0 Å². The maximum Gasteiger partial charge on any atom is 0.193 e. The van der Waals surface area contributed by atoms with E-state index in [0.717, 1.165) is 5.69 Å². The van der Waals surface area contributed by atoms with Crippen LogP contribution < -0.4 is 27.1 Å². The predicted octanol–water partition coefficient (Wildman–Crippen LogP) is 2.69. The molecule has 5 nitrogen and oxygen atoms in total. The van der Waals surface area contributed by atoms with E-state index in [4.69, 9.17) is 10.2 Å². The van der Waals surface area contributed by atoms with Crippen LogP contribution in [-0.4, -0.2) is 4.98 Å². The van der Waals surface area contributed by atoms with E-state index < -0.39 is 0 Å². The van der Waals surface area contributed by atoms with Crippen LogP contribution in [0.2, 0.25) is 0 Å². The van der Waals surface area contributed by atoms with Crippen molar-refractivity contribution in [1.29, 1.82) is 0 Å². The Kier molecular flexibility index (Phi) is 4.48. The maximum absolute atomic E-state index is 12.2. The van der Waals surface area contributed by atoms with Gasteiger partial charge in [0.15, 0.2) is 16.3 Å². The zero-order valence-electron chi connectivity index (χ0n) is 13.4. The summed E-state index contributed by atoms with van der Waals surface area (Å²) in [4.78, 5) is 17.2. The van der Waals surface area contributed by atoms with E-state index in [1.165, 1.54) is 17.4 Å². The van der Waals surface area contributed by atoms with Crippen LogP contribution in [0.3, 0.4) is 0 Å². The van der Waals surface area contributed by atoms with Crippen LogP contribution in [0, 0.1) is 0 Å². The zero-order chi connectivity index (χ0) is 17.1. The van der Waals surface area contributed by atoms with E-state index in [2.05, 4.69) is 10.3 Å². The van der Waals surface area contributed by atoms with E-state index in [-0.39, 0.29) is 5.43 Å². The molecule has 2 aromatic heterocycles. The number of nitrogens with zero attached hydrogens (tertiary/aromatic N) is 1. The van der Waals surface area contributed by atoms with Crippen LogP contribution in [0.4, 0.5) is 16.6 Å². The predicted molar refractivity (Wildman–Crippen MR) is 99.8 cm³/mol. The number of hydrogen-bond acceptors (Lipinski definition) is 6. The third kappa shape index (κ3) is 3.09. The fourth-order valence-electron chi connectivity index (χ4n) is 2.34. The number of anilines is 3. The Hall–Kier alpha value is -2.86. The van der Waals surface area contributed by atoms with Gasteiger partial charge < -0.3 is 15.5 Å². The number of benzene rings is 1. The van der Waals surface area contributed by atoms with Crippen LogP contribution >= 0.6 is 11.3 Å². The molecule has 6 heteroatoms. The highest BCUT2D eigenvalue weighted by molar-refractivity contribution is 7.19. The second-order valence-electron chi connectivity index (χ2n) is 5.05. The second-order valence-corrected chi connectivity index (χ2v) is 6.05. The number of nitrogens with two attached hydrogens (primary N) is 1. The first kappa shape index (κ1) is 16.0. The van der Waals surface area contributed by atoms with Crippen molar-refractivity contribution in [3.05, 3.63) is 57.3 Å². The molecule has 1 aromatic carbocycles. The van der Waals surface area contributed by atoms with Gasteiger partial charge >= 0.3 is 0 Å². The fraction of sp³-hybridized carbons (Fsp3) is 0.111. The van der Waals surface area contributed by atoms with Gasteiger partial charge in [-0.3, -0.25) is 4.79 Å². The Balaban J connectivity index is 2.05. The van der Waals surface area contributed by atoms with Crippen LogP contribution in [-0.2, 0) is 0 Å². The summed E-state index contributed by atoms with van der Waals surface area (Å²) in [6, 6.07) is 11.1. The number of hydrogen-bond donors (Lipinski definition) is 2. The minimum atomic E-state index is -0.0998. The van der Waals surface area contributed by atoms with Crippen molar-refractivity contribution in [2.75, 3.05) is 11.1 Å². The molecule has 0 saturated heterocycles. The summed E-state index contributed by atoms with van der Waals surface area (Å²) in [5.41, 5.74) is 7.37. The molecule has 0 aliphatic carbocycles. The molecule has 0 aliphatic heterocycles. The van der Waals surface area contributed by atoms with Gasteiger partial charge in [-0.1, -0.05) is 35.6 Å². The summed E-state index contributed by atoms with van der Waals surface area (Å²) in [5.74, 6) is 0.756. The lowest BCUT2D eigenvalue weighted by Crippen LogP contribution is -2.37. The van der Waals surface area contributed by atoms with Crippen molar-refractivity contribution in [2.24, 2.45) is 0 Å². The Morgan fingerprint density at radius 3 is 2.62 bits per heavy atom. The molecular weight excluding hydrogens is 322 g/mol. The highest BCUT2D eigenvalue weighted by Crippen LogP contribution is 2.34. The number of aromatic nitrogens is 1. The van der Waals surface area contributed by atoms with Crippen LogP contribution in [0.5, 0.6) is 0 Å². The summed E-state index contributed by atoms with van der Waals surface area (Å²) in [6.45, 7) is 3.63. The van der Waals surface area contributed by atoms with E-state index in [0.29, 0.717) is 32.2 Å². The van der Waals surface area contributed by atoms with Crippen molar-refractivity contribution in [3.8, 4) is 10.6 Å². The SMILES string of the molecule is C/C=c1/oc(-c2sc(Nc3ccccc3)nc2N)cc(=O)/c1=C/C. The molecule has 3 aromatic rings. The quantitative estimate of drug-likeness (QED) is 0.767. The van der Waals surface area contributed by atoms with Crippen LogP contribution in [0.25, 0.3) is 22.8 Å². The molecule has 3 rings (SSSR count). The second kappa shape index (κ2) is 6.72. The van der Waals surface area contributed by atoms with Gasteiger partial charge in [0, 0.05) is 11.8 Å².